The summed E-state index contributed by atoms with van der Waals surface area (Å²) in [5, 5.41) is 17.3. The molecule has 0 aromatic carbocycles. The van der Waals surface area contributed by atoms with E-state index in [2.05, 4.69) is 12.1 Å². The van der Waals surface area contributed by atoms with E-state index in [9.17, 15) is 0 Å². The van der Waals surface area contributed by atoms with E-state index in [1.165, 1.54) is 12.8 Å². The van der Waals surface area contributed by atoms with Crippen molar-refractivity contribution in [3.8, 4) is 12.1 Å². The van der Waals surface area contributed by atoms with Gasteiger partial charge < -0.3 is 18.0 Å². The third kappa shape index (κ3) is 7.46. The van der Waals surface area contributed by atoms with Crippen LogP contribution in [0.15, 0.2) is 21.2 Å². The Labute approximate surface area is 176 Å². The molecule has 0 amide bonds. The smallest absolute Gasteiger partial charge is 0.268 e. The molecular weight excluding hydrogens is 392 g/mol. The molecule has 2 aromatic rings. The Hall–Kier alpha value is -2.16. The zero-order chi connectivity index (χ0) is 20.2. The predicted octanol–water partition coefficient (Wildman–Crippen LogP) is 5.89. The lowest BCUT2D eigenvalue weighted by atomic mass is 10.1. The molecule has 0 saturated carbocycles. The van der Waals surface area contributed by atoms with Crippen LogP contribution in [0, 0.1) is 32.3 Å². The van der Waals surface area contributed by atoms with Gasteiger partial charge in [0.15, 0.2) is 0 Å². The van der Waals surface area contributed by atoms with Gasteiger partial charge in [-0.05, 0) is 37.3 Å². The molecule has 28 heavy (non-hydrogen) atoms. The van der Waals surface area contributed by atoms with E-state index in [0.717, 1.165) is 50.0 Å². The lowest BCUT2D eigenvalue weighted by molar-refractivity contribution is 0.455. The summed E-state index contributed by atoms with van der Waals surface area (Å²) in [5.74, 6) is 1.82. The first-order valence-electron chi connectivity index (χ1n) is 9.76. The third-order valence-corrected chi connectivity index (χ3v) is 5.17. The number of oxazole rings is 2. The van der Waals surface area contributed by atoms with Crippen LogP contribution in [-0.2, 0) is 25.9 Å². The minimum Gasteiger partial charge on any atom is -0.435 e. The van der Waals surface area contributed by atoms with Crippen LogP contribution in [0.1, 0.15) is 62.9 Å². The van der Waals surface area contributed by atoms with Gasteiger partial charge >= 0.3 is 0 Å². The Morgan fingerprint density at radius 2 is 1.11 bits per heavy atom. The van der Waals surface area contributed by atoms with E-state index >= 15 is 0 Å². The predicted molar refractivity (Wildman–Crippen MR) is 111 cm³/mol. The number of rotatable bonds is 13. The van der Waals surface area contributed by atoms with Crippen LogP contribution in [0.2, 0.25) is 0 Å². The molecule has 2 rings (SSSR count). The molecule has 0 aliphatic heterocycles. The maximum absolute atomic E-state index is 8.65. The number of nitrogens with zero attached hydrogens (tertiary/aromatic N) is 4. The van der Waals surface area contributed by atoms with Gasteiger partial charge in [0, 0.05) is 38.3 Å². The SMILES string of the molecule is N#CCCn1cc(CCCCCCCCc2cn(CCC#N)c(=S)o2)oc1=S. The standard InChI is InChI=1S/C20H26N4O2S2/c21-11-7-13-23-15-17(25-19(23)27)9-5-3-1-2-4-6-10-18-16-24(14-8-12-22)20(28)26-18/h15-16H,1-10,13-14H2. The molecule has 0 N–H and O–H groups in total. The summed E-state index contributed by atoms with van der Waals surface area (Å²) in [6.45, 7) is 1.19. The topological polar surface area (TPSA) is 83.7 Å². The Morgan fingerprint density at radius 3 is 1.50 bits per heavy atom. The van der Waals surface area contributed by atoms with Crippen molar-refractivity contribution in [3.63, 3.8) is 0 Å². The van der Waals surface area contributed by atoms with Crippen LogP contribution >= 0.6 is 24.4 Å². The van der Waals surface area contributed by atoms with Crippen molar-refractivity contribution in [2.75, 3.05) is 0 Å². The molecule has 0 spiro atoms. The molecule has 0 aliphatic rings. The van der Waals surface area contributed by atoms with Crippen molar-refractivity contribution in [2.24, 2.45) is 0 Å². The minimum absolute atomic E-state index is 0.443. The molecule has 150 valence electrons. The van der Waals surface area contributed by atoms with Gasteiger partial charge in [-0.2, -0.15) is 10.5 Å². The second-order valence-corrected chi connectivity index (χ2v) is 7.45. The maximum Gasteiger partial charge on any atom is 0.268 e. The summed E-state index contributed by atoms with van der Waals surface area (Å²) < 4.78 is 14.8. The number of hydrogen-bond donors (Lipinski definition) is 0. The van der Waals surface area contributed by atoms with Crippen LogP contribution in [0.4, 0.5) is 0 Å². The summed E-state index contributed by atoms with van der Waals surface area (Å²) >= 11 is 10.3. The van der Waals surface area contributed by atoms with Crippen molar-refractivity contribution in [2.45, 2.75) is 77.3 Å². The largest absolute Gasteiger partial charge is 0.435 e. The number of aryl methyl sites for hydroxylation is 4. The van der Waals surface area contributed by atoms with Gasteiger partial charge in [0.2, 0.25) is 0 Å². The first-order chi connectivity index (χ1) is 13.6. The molecule has 0 radical (unpaired) electrons. The van der Waals surface area contributed by atoms with Gasteiger partial charge in [0.25, 0.3) is 9.67 Å². The number of unbranched alkanes of at least 4 members (excludes halogenated alkanes) is 5. The van der Waals surface area contributed by atoms with E-state index < -0.39 is 0 Å². The Morgan fingerprint density at radius 1 is 0.714 bits per heavy atom. The zero-order valence-electron chi connectivity index (χ0n) is 16.1. The van der Waals surface area contributed by atoms with Gasteiger partial charge in [-0.25, -0.2) is 0 Å². The van der Waals surface area contributed by atoms with E-state index in [0.29, 0.717) is 35.6 Å². The summed E-state index contributed by atoms with van der Waals surface area (Å²) in [6.07, 6.45) is 13.4. The quantitative estimate of drug-likeness (QED) is 0.298. The molecule has 0 fully saturated rings. The first-order valence-corrected chi connectivity index (χ1v) is 10.6. The second-order valence-electron chi connectivity index (χ2n) is 6.75. The molecular formula is C20H26N4O2S2. The molecule has 0 unspecified atom stereocenters. The first kappa shape index (κ1) is 22.1. The number of hydrogen-bond acceptors (Lipinski definition) is 6. The summed E-state index contributed by atoms with van der Waals surface area (Å²) in [4.78, 5) is 0.915. The fourth-order valence-corrected chi connectivity index (χ4v) is 3.54. The average molecular weight is 419 g/mol. The molecule has 6 nitrogen and oxygen atoms in total. The Bertz CT molecular complexity index is 847. The van der Waals surface area contributed by atoms with Gasteiger partial charge in [-0.15, -0.1) is 0 Å². The average Bonchev–Trinajstić information content (AvgIpc) is 3.22. The van der Waals surface area contributed by atoms with Crippen molar-refractivity contribution in [1.82, 2.24) is 9.13 Å². The molecule has 0 saturated heterocycles. The highest BCUT2D eigenvalue weighted by Gasteiger charge is 2.05. The van der Waals surface area contributed by atoms with Crippen molar-refractivity contribution < 1.29 is 8.83 Å². The third-order valence-electron chi connectivity index (χ3n) is 4.53. The highest BCUT2D eigenvalue weighted by Crippen LogP contribution is 2.14. The fraction of sp³-hybridized carbons (Fsp3) is 0.600. The number of nitriles is 2. The van der Waals surface area contributed by atoms with E-state index in [4.69, 9.17) is 43.8 Å². The van der Waals surface area contributed by atoms with Crippen LogP contribution in [0.25, 0.3) is 0 Å². The van der Waals surface area contributed by atoms with Crippen molar-refractivity contribution >= 4 is 24.4 Å². The highest BCUT2D eigenvalue weighted by molar-refractivity contribution is 7.71. The van der Waals surface area contributed by atoms with Gasteiger partial charge in [-0.3, -0.25) is 0 Å². The van der Waals surface area contributed by atoms with E-state index in [1.54, 1.807) is 0 Å². The second kappa shape index (κ2) is 12.3. The van der Waals surface area contributed by atoms with Gasteiger partial charge in [0.1, 0.15) is 11.5 Å². The van der Waals surface area contributed by atoms with Crippen LogP contribution < -0.4 is 0 Å². The van der Waals surface area contributed by atoms with Gasteiger partial charge in [0.05, 0.1) is 25.0 Å². The van der Waals surface area contributed by atoms with Crippen LogP contribution in [-0.4, -0.2) is 9.13 Å². The summed E-state index contributed by atoms with van der Waals surface area (Å²) in [6, 6.07) is 4.24. The number of aromatic nitrogens is 2. The highest BCUT2D eigenvalue weighted by atomic mass is 32.1. The van der Waals surface area contributed by atoms with Crippen LogP contribution in [0.3, 0.4) is 0 Å². The summed E-state index contributed by atoms with van der Waals surface area (Å²) in [5.41, 5.74) is 0. The molecule has 0 bridgehead atoms. The fourth-order valence-electron chi connectivity index (χ4n) is 3.04. The lowest BCUT2D eigenvalue weighted by Gasteiger charge is -2.00. The summed E-state index contributed by atoms with van der Waals surface area (Å²) in [7, 11) is 0. The molecule has 2 aromatic heterocycles. The normalized spacial score (nSPS) is 10.6. The van der Waals surface area contributed by atoms with E-state index in [-0.39, 0.29) is 0 Å². The van der Waals surface area contributed by atoms with Crippen molar-refractivity contribution in [3.05, 3.63) is 33.6 Å². The lowest BCUT2D eigenvalue weighted by Crippen LogP contribution is -1.94. The van der Waals surface area contributed by atoms with Gasteiger partial charge in [-0.1, -0.05) is 25.7 Å². The molecule has 0 aliphatic carbocycles. The maximum atomic E-state index is 8.65. The molecule has 0 atom stereocenters. The van der Waals surface area contributed by atoms with Crippen molar-refractivity contribution in [1.29, 1.82) is 10.5 Å². The Balaban J connectivity index is 1.55. The monoisotopic (exact) mass is 418 g/mol. The van der Waals surface area contributed by atoms with E-state index in [1.807, 2.05) is 21.5 Å². The molecule has 8 heteroatoms. The van der Waals surface area contributed by atoms with Crippen LogP contribution in [0.5, 0.6) is 0 Å². The minimum atomic E-state index is 0.443. The zero-order valence-corrected chi connectivity index (χ0v) is 17.7. The molecule has 2 heterocycles. The Kier molecular flexibility index (Phi) is 9.74.